The molecule has 0 fully saturated rings. The minimum atomic E-state index is -1.04. The van der Waals surface area contributed by atoms with Crippen LogP contribution in [0.4, 0.5) is 0 Å². The average Bonchev–Trinajstić information content (AvgIpc) is 2.31. The van der Waals surface area contributed by atoms with E-state index in [1.165, 1.54) is 12.1 Å². The first-order chi connectivity index (χ1) is 8.52. The zero-order valence-electron chi connectivity index (χ0n) is 9.27. The molecular formula is C11H11N3O4. The van der Waals surface area contributed by atoms with Crippen molar-refractivity contribution in [3.8, 4) is 0 Å². The van der Waals surface area contributed by atoms with Crippen LogP contribution in [0, 0.1) is 0 Å². The van der Waals surface area contributed by atoms with Crippen LogP contribution < -0.4 is 16.9 Å². The predicted molar refractivity (Wildman–Crippen MR) is 64.6 cm³/mol. The van der Waals surface area contributed by atoms with E-state index in [1.807, 2.05) is 0 Å². The van der Waals surface area contributed by atoms with E-state index in [1.54, 1.807) is 6.07 Å². The molecular weight excluding hydrogens is 238 g/mol. The van der Waals surface area contributed by atoms with E-state index in [0.717, 1.165) is 0 Å². The molecule has 0 saturated heterocycles. The summed E-state index contributed by atoms with van der Waals surface area (Å²) >= 11 is 0. The van der Waals surface area contributed by atoms with Gasteiger partial charge in [0.15, 0.2) is 0 Å². The number of carboxylic acid groups (broad SMARTS) is 1. The average molecular weight is 249 g/mol. The van der Waals surface area contributed by atoms with Crippen molar-refractivity contribution < 1.29 is 9.90 Å². The van der Waals surface area contributed by atoms with Crippen LogP contribution in [0.5, 0.6) is 0 Å². The number of H-pyrrole nitrogens is 2. The number of fused-ring (bicyclic) bond motifs is 1. The molecule has 0 aliphatic carbocycles. The first-order valence-corrected chi connectivity index (χ1v) is 5.22. The van der Waals surface area contributed by atoms with Crippen molar-refractivity contribution in [2.24, 2.45) is 5.73 Å². The molecule has 0 aliphatic heterocycles. The molecule has 1 aromatic carbocycles. The largest absolute Gasteiger partial charge is 0.481 e. The van der Waals surface area contributed by atoms with E-state index in [-0.39, 0.29) is 6.54 Å². The number of rotatable bonds is 3. The van der Waals surface area contributed by atoms with Gasteiger partial charge in [-0.05, 0) is 17.7 Å². The fraction of sp³-hybridized carbons (Fsp3) is 0.182. The van der Waals surface area contributed by atoms with E-state index in [4.69, 9.17) is 10.8 Å². The van der Waals surface area contributed by atoms with Crippen LogP contribution in [0.2, 0.25) is 0 Å². The maximum atomic E-state index is 11.2. The van der Waals surface area contributed by atoms with Gasteiger partial charge in [-0.1, -0.05) is 6.07 Å². The van der Waals surface area contributed by atoms with Crippen LogP contribution in [0.15, 0.2) is 27.8 Å². The van der Waals surface area contributed by atoms with Crippen molar-refractivity contribution >= 4 is 17.0 Å². The number of carbonyl (C=O) groups is 1. The summed E-state index contributed by atoms with van der Waals surface area (Å²) in [4.78, 5) is 38.0. The number of benzene rings is 1. The van der Waals surface area contributed by atoms with Gasteiger partial charge < -0.3 is 20.8 Å². The molecule has 0 spiro atoms. The predicted octanol–water partition coefficient (Wildman–Crippen LogP) is -0.657. The lowest BCUT2D eigenvalue weighted by Crippen LogP contribution is -2.29. The number of nitrogens with two attached hydrogens (primary N) is 1. The van der Waals surface area contributed by atoms with Crippen molar-refractivity contribution in [3.05, 3.63) is 44.5 Å². The molecule has 1 unspecified atom stereocenters. The molecule has 0 bridgehead atoms. The Hall–Kier alpha value is -2.41. The van der Waals surface area contributed by atoms with Gasteiger partial charge in [0.1, 0.15) is 0 Å². The molecule has 1 aromatic heterocycles. The van der Waals surface area contributed by atoms with Crippen LogP contribution in [0.3, 0.4) is 0 Å². The molecule has 5 N–H and O–H groups in total. The SMILES string of the molecule is NCC(C(=O)O)c1ccc2[nH]c(=O)c(=O)[nH]c2c1. The lowest BCUT2D eigenvalue weighted by Gasteiger charge is -2.10. The summed E-state index contributed by atoms with van der Waals surface area (Å²) in [5.41, 5.74) is 5.15. The van der Waals surface area contributed by atoms with Crippen LogP contribution in [0.1, 0.15) is 11.5 Å². The quantitative estimate of drug-likeness (QED) is 0.537. The Bertz CT molecular complexity index is 716. The van der Waals surface area contributed by atoms with Gasteiger partial charge in [0.2, 0.25) is 0 Å². The molecule has 1 heterocycles. The number of hydrogen-bond acceptors (Lipinski definition) is 4. The van der Waals surface area contributed by atoms with Crippen molar-refractivity contribution in [2.75, 3.05) is 6.54 Å². The van der Waals surface area contributed by atoms with Gasteiger partial charge in [0.05, 0.1) is 17.0 Å². The molecule has 1 atom stereocenters. The van der Waals surface area contributed by atoms with Gasteiger partial charge in [-0.15, -0.1) is 0 Å². The van der Waals surface area contributed by atoms with Gasteiger partial charge in [-0.25, -0.2) is 0 Å². The highest BCUT2D eigenvalue weighted by Crippen LogP contribution is 2.18. The second-order valence-electron chi connectivity index (χ2n) is 3.84. The molecule has 2 rings (SSSR count). The second kappa shape index (κ2) is 4.46. The Morgan fingerprint density at radius 1 is 1.22 bits per heavy atom. The Balaban J connectivity index is 2.63. The normalized spacial score (nSPS) is 12.5. The minimum absolute atomic E-state index is 0.0472. The smallest absolute Gasteiger partial charge is 0.314 e. The molecule has 0 saturated carbocycles. The van der Waals surface area contributed by atoms with E-state index in [0.29, 0.717) is 16.6 Å². The van der Waals surface area contributed by atoms with Crippen molar-refractivity contribution in [1.29, 1.82) is 0 Å². The van der Waals surface area contributed by atoms with Crippen LogP contribution >= 0.6 is 0 Å². The van der Waals surface area contributed by atoms with Gasteiger partial charge in [0, 0.05) is 6.54 Å². The minimum Gasteiger partial charge on any atom is -0.481 e. The Morgan fingerprint density at radius 3 is 2.39 bits per heavy atom. The first-order valence-electron chi connectivity index (χ1n) is 5.22. The second-order valence-corrected chi connectivity index (χ2v) is 3.84. The molecule has 0 radical (unpaired) electrons. The Kier molecular flexibility index (Phi) is 2.99. The van der Waals surface area contributed by atoms with E-state index in [2.05, 4.69) is 9.97 Å². The Labute approximate surface area is 100 Å². The molecule has 18 heavy (non-hydrogen) atoms. The van der Waals surface area contributed by atoms with Crippen LogP contribution in [-0.2, 0) is 4.79 Å². The van der Waals surface area contributed by atoms with Crippen molar-refractivity contribution in [2.45, 2.75) is 5.92 Å². The molecule has 7 heteroatoms. The van der Waals surface area contributed by atoms with Gasteiger partial charge in [0.25, 0.3) is 0 Å². The van der Waals surface area contributed by atoms with E-state index >= 15 is 0 Å². The number of nitrogens with one attached hydrogen (secondary N) is 2. The summed E-state index contributed by atoms with van der Waals surface area (Å²) < 4.78 is 0. The number of aromatic nitrogens is 2. The maximum Gasteiger partial charge on any atom is 0.314 e. The van der Waals surface area contributed by atoms with Gasteiger partial charge >= 0.3 is 17.1 Å². The standard InChI is InChI=1S/C11H11N3O4/c12-4-6(11(17)18)5-1-2-7-8(3-5)14-10(16)9(15)13-7/h1-3,6H,4,12H2,(H,13,15)(H,14,16)(H,17,18). The number of carboxylic acids is 1. The van der Waals surface area contributed by atoms with Crippen LogP contribution in [-0.4, -0.2) is 27.6 Å². The van der Waals surface area contributed by atoms with E-state index in [9.17, 15) is 14.4 Å². The van der Waals surface area contributed by atoms with Gasteiger partial charge in [-0.3, -0.25) is 14.4 Å². The number of hydrogen-bond donors (Lipinski definition) is 4. The molecule has 0 aliphatic rings. The van der Waals surface area contributed by atoms with Crippen LogP contribution in [0.25, 0.3) is 11.0 Å². The summed E-state index contributed by atoms with van der Waals surface area (Å²) in [6.07, 6.45) is 0. The third-order valence-electron chi connectivity index (χ3n) is 2.68. The topological polar surface area (TPSA) is 129 Å². The van der Waals surface area contributed by atoms with E-state index < -0.39 is 23.0 Å². The summed E-state index contributed by atoms with van der Waals surface area (Å²) in [6.45, 7) is -0.0472. The zero-order chi connectivity index (χ0) is 13.3. The third-order valence-corrected chi connectivity index (χ3v) is 2.68. The number of aromatic amines is 2. The fourth-order valence-electron chi connectivity index (χ4n) is 1.73. The highest BCUT2D eigenvalue weighted by Gasteiger charge is 2.18. The lowest BCUT2D eigenvalue weighted by molar-refractivity contribution is -0.138. The summed E-state index contributed by atoms with van der Waals surface area (Å²) in [7, 11) is 0. The monoisotopic (exact) mass is 249 g/mol. The van der Waals surface area contributed by atoms with Gasteiger partial charge in [-0.2, -0.15) is 0 Å². The highest BCUT2D eigenvalue weighted by atomic mass is 16.4. The lowest BCUT2D eigenvalue weighted by atomic mass is 9.99. The third kappa shape index (κ3) is 2.03. The molecule has 2 aromatic rings. The van der Waals surface area contributed by atoms with Crippen molar-refractivity contribution in [1.82, 2.24) is 9.97 Å². The highest BCUT2D eigenvalue weighted by molar-refractivity contribution is 5.80. The maximum absolute atomic E-state index is 11.2. The van der Waals surface area contributed by atoms with Crippen molar-refractivity contribution in [3.63, 3.8) is 0 Å². The zero-order valence-corrected chi connectivity index (χ0v) is 9.27. The summed E-state index contributed by atoms with van der Waals surface area (Å²) in [6, 6.07) is 4.59. The molecule has 0 amide bonds. The Morgan fingerprint density at radius 2 is 1.83 bits per heavy atom. The fourth-order valence-corrected chi connectivity index (χ4v) is 1.73. The molecule has 94 valence electrons. The number of aliphatic carboxylic acids is 1. The molecule has 7 nitrogen and oxygen atoms in total. The first kappa shape index (κ1) is 12.1. The summed E-state index contributed by atoms with van der Waals surface area (Å²) in [5.74, 6) is -1.88. The summed E-state index contributed by atoms with van der Waals surface area (Å²) in [5, 5.41) is 8.99.